The van der Waals surface area contributed by atoms with E-state index in [0.717, 1.165) is 15.4 Å². The maximum absolute atomic E-state index is 14.3. The van der Waals surface area contributed by atoms with E-state index >= 15 is 0 Å². The molecule has 0 aliphatic carbocycles. The second-order valence-electron chi connectivity index (χ2n) is 11.0. The molecule has 0 aliphatic heterocycles. The van der Waals surface area contributed by atoms with Crippen LogP contribution in [0.5, 0.6) is 11.5 Å². The van der Waals surface area contributed by atoms with Crippen molar-refractivity contribution in [1.82, 2.24) is 10.2 Å². The minimum atomic E-state index is -4.25. The van der Waals surface area contributed by atoms with Crippen LogP contribution in [0.15, 0.2) is 77.7 Å². The van der Waals surface area contributed by atoms with Crippen LogP contribution in [-0.4, -0.2) is 57.5 Å². The van der Waals surface area contributed by atoms with Crippen LogP contribution in [0, 0.1) is 6.92 Å². The smallest absolute Gasteiger partial charge is 0.264 e. The molecule has 0 fully saturated rings. The molecule has 3 aromatic carbocycles. The van der Waals surface area contributed by atoms with Crippen LogP contribution in [0.2, 0.25) is 0 Å². The lowest BCUT2D eigenvalue weighted by Gasteiger charge is -2.35. The van der Waals surface area contributed by atoms with Gasteiger partial charge < -0.3 is 19.7 Å². The van der Waals surface area contributed by atoms with Gasteiger partial charge in [-0.3, -0.25) is 13.9 Å². The third-order valence-electron chi connectivity index (χ3n) is 6.75. The number of amides is 2. The molecule has 3 aromatic rings. The van der Waals surface area contributed by atoms with Gasteiger partial charge in [0.15, 0.2) is 0 Å². The highest BCUT2D eigenvalue weighted by Gasteiger charge is 2.35. The molecule has 0 unspecified atom stereocenters. The molecule has 2 amide bonds. The summed E-state index contributed by atoms with van der Waals surface area (Å²) in [7, 11) is -1.36. The Morgan fingerprint density at radius 3 is 2.14 bits per heavy atom. The third kappa shape index (κ3) is 7.82. The summed E-state index contributed by atoms with van der Waals surface area (Å²) >= 11 is 0. The summed E-state index contributed by atoms with van der Waals surface area (Å²) in [5, 5.41) is 2.98. The lowest BCUT2D eigenvalue weighted by Crippen LogP contribution is -2.55. The van der Waals surface area contributed by atoms with Crippen LogP contribution >= 0.6 is 0 Å². The molecule has 10 heteroatoms. The van der Waals surface area contributed by atoms with E-state index in [2.05, 4.69) is 5.32 Å². The first-order chi connectivity index (χ1) is 19.8. The third-order valence-corrected chi connectivity index (χ3v) is 8.52. The first kappa shape index (κ1) is 32.5. The number of hydrogen-bond donors (Lipinski definition) is 1. The maximum Gasteiger partial charge on any atom is 0.264 e. The van der Waals surface area contributed by atoms with Gasteiger partial charge in [-0.1, -0.05) is 49.4 Å². The van der Waals surface area contributed by atoms with Crippen LogP contribution in [0.1, 0.15) is 45.2 Å². The molecular weight excluding hydrogens is 554 g/mol. The number of ether oxygens (including phenoxy) is 2. The number of nitrogens with one attached hydrogen (secondary N) is 1. The second kappa shape index (κ2) is 13.7. The predicted molar refractivity (Wildman–Crippen MR) is 164 cm³/mol. The molecule has 0 bridgehead atoms. The molecule has 0 saturated heterocycles. The number of hydrogen-bond acceptors (Lipinski definition) is 6. The minimum Gasteiger partial charge on any atom is -0.497 e. The minimum absolute atomic E-state index is 0.00523. The summed E-state index contributed by atoms with van der Waals surface area (Å²) in [5.74, 6) is -0.229. The number of sulfonamides is 1. The lowest BCUT2D eigenvalue weighted by molar-refractivity contribution is -0.141. The molecule has 9 nitrogen and oxygen atoms in total. The maximum atomic E-state index is 14.3. The first-order valence-corrected chi connectivity index (χ1v) is 15.2. The molecule has 0 spiro atoms. The second-order valence-corrected chi connectivity index (χ2v) is 12.8. The number of carbonyl (C=O) groups is 2. The lowest BCUT2D eigenvalue weighted by atomic mass is 10.0. The Morgan fingerprint density at radius 2 is 1.57 bits per heavy atom. The summed E-state index contributed by atoms with van der Waals surface area (Å²) in [6, 6.07) is 19.4. The van der Waals surface area contributed by atoms with E-state index in [4.69, 9.17) is 9.47 Å². The van der Waals surface area contributed by atoms with Crippen LogP contribution < -0.4 is 19.1 Å². The largest absolute Gasteiger partial charge is 0.497 e. The van der Waals surface area contributed by atoms with Crippen molar-refractivity contribution in [3.63, 3.8) is 0 Å². The number of carbonyl (C=O) groups excluding carboxylic acids is 2. The molecule has 0 heterocycles. The van der Waals surface area contributed by atoms with Crippen molar-refractivity contribution >= 4 is 27.5 Å². The zero-order valence-electron chi connectivity index (χ0n) is 25.4. The summed E-state index contributed by atoms with van der Waals surface area (Å²) in [4.78, 5) is 29.3. The normalized spacial score (nSPS) is 12.3. The van der Waals surface area contributed by atoms with Crippen molar-refractivity contribution in [2.45, 2.75) is 64.1 Å². The Labute approximate surface area is 249 Å². The topological polar surface area (TPSA) is 105 Å². The predicted octanol–water partition coefficient (Wildman–Crippen LogP) is 4.93. The molecule has 0 radical (unpaired) electrons. The Morgan fingerprint density at radius 1 is 0.929 bits per heavy atom. The fourth-order valence-corrected chi connectivity index (χ4v) is 6.01. The van der Waals surface area contributed by atoms with Gasteiger partial charge in [0.25, 0.3) is 10.0 Å². The van der Waals surface area contributed by atoms with Crippen LogP contribution in [0.4, 0.5) is 5.69 Å². The summed E-state index contributed by atoms with van der Waals surface area (Å²) < 4.78 is 40.1. The van der Waals surface area contributed by atoms with Crippen molar-refractivity contribution < 1.29 is 27.5 Å². The van der Waals surface area contributed by atoms with E-state index in [1.165, 1.54) is 37.3 Å². The zero-order valence-corrected chi connectivity index (χ0v) is 26.2. The van der Waals surface area contributed by atoms with Crippen LogP contribution in [-0.2, 0) is 26.2 Å². The van der Waals surface area contributed by atoms with Gasteiger partial charge in [-0.05, 0) is 69.5 Å². The quantitative estimate of drug-likeness (QED) is 0.318. The Bertz CT molecular complexity index is 1490. The molecule has 0 aromatic heterocycles. The van der Waals surface area contributed by atoms with Gasteiger partial charge in [0.05, 0.1) is 24.8 Å². The Kier molecular flexibility index (Phi) is 10.6. The SMILES string of the molecule is CC[C@@H](C(=O)NC(C)(C)C)N(Cc1ccccc1C)C(=O)CN(c1cc(OC)ccc1OC)S(=O)(=O)c1ccccc1. The number of nitrogens with zero attached hydrogens (tertiary/aromatic N) is 2. The van der Waals surface area contributed by atoms with Gasteiger partial charge in [0, 0.05) is 18.2 Å². The number of rotatable bonds is 12. The Hall–Kier alpha value is -4.05. The van der Waals surface area contributed by atoms with E-state index < -0.39 is 34.1 Å². The summed E-state index contributed by atoms with van der Waals surface area (Å²) in [5.41, 5.74) is 1.41. The highest BCUT2D eigenvalue weighted by Crippen LogP contribution is 2.36. The molecule has 226 valence electrons. The van der Waals surface area contributed by atoms with E-state index in [9.17, 15) is 18.0 Å². The molecule has 1 N–H and O–H groups in total. The number of benzene rings is 3. The first-order valence-electron chi connectivity index (χ1n) is 13.8. The fraction of sp³-hybridized carbons (Fsp3) is 0.375. The van der Waals surface area contributed by atoms with E-state index in [1.807, 2.05) is 58.9 Å². The molecule has 42 heavy (non-hydrogen) atoms. The number of aryl methyl sites for hydroxylation is 1. The van der Waals surface area contributed by atoms with Gasteiger partial charge in [-0.2, -0.15) is 0 Å². The zero-order chi connectivity index (χ0) is 31.1. The standard InChI is InChI=1S/C32H41N3O6S/c1-8-27(31(37)33-32(3,4)5)34(21-24-15-13-12-14-23(24)2)30(36)22-35(42(38,39)26-16-10-9-11-17-26)28-20-25(40-6)18-19-29(28)41-7/h9-20,27H,8,21-22H2,1-7H3,(H,33,37)/t27-/m0/s1. The number of methoxy groups -OCH3 is 2. The molecular formula is C32H41N3O6S. The Balaban J connectivity index is 2.16. The molecule has 0 aliphatic rings. The van der Waals surface area contributed by atoms with Gasteiger partial charge in [0.2, 0.25) is 11.8 Å². The van der Waals surface area contributed by atoms with E-state index in [-0.39, 0.29) is 28.8 Å². The highest BCUT2D eigenvalue weighted by atomic mass is 32.2. The van der Waals surface area contributed by atoms with Gasteiger partial charge in [0.1, 0.15) is 24.1 Å². The van der Waals surface area contributed by atoms with Crippen molar-refractivity contribution in [2.24, 2.45) is 0 Å². The van der Waals surface area contributed by atoms with Gasteiger partial charge in [-0.25, -0.2) is 8.42 Å². The molecule has 0 saturated carbocycles. The average molecular weight is 596 g/mol. The average Bonchev–Trinajstić information content (AvgIpc) is 2.95. The molecule has 3 rings (SSSR count). The van der Waals surface area contributed by atoms with Gasteiger partial charge >= 0.3 is 0 Å². The summed E-state index contributed by atoms with van der Waals surface area (Å²) in [6.45, 7) is 8.91. The van der Waals surface area contributed by atoms with Crippen molar-refractivity contribution in [2.75, 3.05) is 25.1 Å². The van der Waals surface area contributed by atoms with E-state index in [1.54, 1.807) is 30.3 Å². The van der Waals surface area contributed by atoms with Crippen molar-refractivity contribution in [3.8, 4) is 11.5 Å². The van der Waals surface area contributed by atoms with Gasteiger partial charge in [-0.15, -0.1) is 0 Å². The fourth-order valence-electron chi connectivity index (χ4n) is 4.57. The monoisotopic (exact) mass is 595 g/mol. The molecule has 1 atom stereocenters. The number of anilines is 1. The van der Waals surface area contributed by atoms with Crippen LogP contribution in [0.25, 0.3) is 0 Å². The summed E-state index contributed by atoms with van der Waals surface area (Å²) in [6.07, 6.45) is 0.327. The highest BCUT2D eigenvalue weighted by molar-refractivity contribution is 7.92. The van der Waals surface area contributed by atoms with Crippen LogP contribution in [0.3, 0.4) is 0 Å². The van der Waals surface area contributed by atoms with E-state index in [0.29, 0.717) is 12.2 Å². The van der Waals surface area contributed by atoms with Crippen molar-refractivity contribution in [1.29, 1.82) is 0 Å². The van der Waals surface area contributed by atoms with Crippen molar-refractivity contribution in [3.05, 3.63) is 83.9 Å².